The molecule has 0 spiro atoms. The summed E-state index contributed by atoms with van der Waals surface area (Å²) >= 11 is 7.21. The van der Waals surface area contributed by atoms with E-state index in [-0.39, 0.29) is 11.5 Å². The summed E-state index contributed by atoms with van der Waals surface area (Å²) < 4.78 is 5.24. The molecule has 0 saturated carbocycles. The first-order chi connectivity index (χ1) is 12.5. The third-order valence-corrected chi connectivity index (χ3v) is 5.47. The molecule has 0 saturated heterocycles. The molecule has 1 amide bonds. The summed E-state index contributed by atoms with van der Waals surface area (Å²) in [7, 11) is 1.53. The molecule has 0 bridgehead atoms. The molecule has 0 radical (unpaired) electrons. The number of amides is 1. The SMILES string of the molecule is COc1ccc(Cl)cc1NC(=O)[C@H](C)Sc1nc2c(c(=O)[nH]1)CCCC2. The van der Waals surface area contributed by atoms with Crippen molar-refractivity contribution in [3.63, 3.8) is 0 Å². The van der Waals surface area contributed by atoms with Gasteiger partial charge in [0.15, 0.2) is 5.16 Å². The van der Waals surface area contributed by atoms with Gasteiger partial charge in [-0.05, 0) is 50.8 Å². The molecular formula is C18H20ClN3O3S. The number of aromatic amines is 1. The Morgan fingerprint density at radius 1 is 1.38 bits per heavy atom. The van der Waals surface area contributed by atoms with Crippen LogP contribution in [0.4, 0.5) is 5.69 Å². The Bertz CT molecular complexity index is 884. The maximum atomic E-state index is 12.5. The highest BCUT2D eigenvalue weighted by Gasteiger charge is 2.20. The van der Waals surface area contributed by atoms with E-state index in [1.807, 2.05) is 0 Å². The minimum absolute atomic E-state index is 0.0960. The van der Waals surface area contributed by atoms with Crippen molar-refractivity contribution in [3.8, 4) is 5.75 Å². The highest BCUT2D eigenvalue weighted by Crippen LogP contribution is 2.29. The van der Waals surface area contributed by atoms with E-state index in [1.54, 1.807) is 25.1 Å². The van der Waals surface area contributed by atoms with Crippen LogP contribution in [0.2, 0.25) is 5.02 Å². The highest BCUT2D eigenvalue weighted by molar-refractivity contribution is 8.00. The minimum atomic E-state index is -0.455. The molecule has 3 rings (SSSR count). The molecular weight excluding hydrogens is 374 g/mol. The molecule has 0 unspecified atom stereocenters. The van der Waals surface area contributed by atoms with Gasteiger partial charge in [0.2, 0.25) is 5.91 Å². The number of nitrogens with zero attached hydrogens (tertiary/aromatic N) is 1. The summed E-state index contributed by atoms with van der Waals surface area (Å²) in [5.41, 5.74) is 2.04. The Morgan fingerprint density at radius 3 is 2.92 bits per heavy atom. The fraction of sp³-hybridized carbons (Fsp3) is 0.389. The fourth-order valence-electron chi connectivity index (χ4n) is 2.87. The van der Waals surface area contributed by atoms with Crippen LogP contribution in [0.15, 0.2) is 28.2 Å². The quantitative estimate of drug-likeness (QED) is 0.600. The van der Waals surface area contributed by atoms with E-state index in [9.17, 15) is 9.59 Å². The first kappa shape index (κ1) is 18.8. The van der Waals surface area contributed by atoms with Gasteiger partial charge in [0.05, 0.1) is 23.7 Å². The molecule has 0 fully saturated rings. The minimum Gasteiger partial charge on any atom is -0.495 e. The van der Waals surface area contributed by atoms with Crippen molar-refractivity contribution in [1.82, 2.24) is 9.97 Å². The van der Waals surface area contributed by atoms with Gasteiger partial charge in [0.1, 0.15) is 5.75 Å². The monoisotopic (exact) mass is 393 g/mol. The van der Waals surface area contributed by atoms with Crippen LogP contribution in [0, 0.1) is 0 Å². The van der Waals surface area contributed by atoms with Crippen molar-refractivity contribution < 1.29 is 9.53 Å². The Balaban J connectivity index is 1.73. The molecule has 2 N–H and O–H groups in total. The van der Waals surface area contributed by atoms with Crippen molar-refractivity contribution >= 4 is 35.0 Å². The van der Waals surface area contributed by atoms with Gasteiger partial charge < -0.3 is 15.0 Å². The number of carbonyl (C=O) groups excluding carboxylic acids is 1. The van der Waals surface area contributed by atoms with Crippen LogP contribution in [0.1, 0.15) is 31.0 Å². The standard InChI is InChI=1S/C18H20ClN3O3S/c1-10(16(23)20-14-9-11(19)7-8-15(14)25-2)26-18-21-13-6-4-3-5-12(13)17(24)22-18/h7-10H,3-6H2,1-2H3,(H,20,23)(H,21,22,24)/t10-/m0/s1. The summed E-state index contributed by atoms with van der Waals surface area (Å²) in [5.74, 6) is 0.302. The number of aryl methyl sites for hydroxylation is 1. The lowest BCUT2D eigenvalue weighted by atomic mass is 9.97. The molecule has 1 heterocycles. The van der Waals surface area contributed by atoms with Crippen molar-refractivity contribution in [3.05, 3.63) is 44.8 Å². The second-order valence-electron chi connectivity index (χ2n) is 6.10. The number of nitrogens with one attached hydrogen (secondary N) is 2. The Kier molecular flexibility index (Phi) is 5.88. The molecule has 1 aromatic carbocycles. The third kappa shape index (κ3) is 4.22. The number of aromatic nitrogens is 2. The summed E-state index contributed by atoms with van der Waals surface area (Å²) in [4.78, 5) is 32.0. The van der Waals surface area contributed by atoms with Crippen molar-refractivity contribution in [1.29, 1.82) is 0 Å². The summed E-state index contributed by atoms with van der Waals surface area (Å²) in [6.45, 7) is 1.76. The van der Waals surface area contributed by atoms with E-state index < -0.39 is 5.25 Å². The van der Waals surface area contributed by atoms with Crippen LogP contribution in [0.3, 0.4) is 0 Å². The number of methoxy groups -OCH3 is 1. The van der Waals surface area contributed by atoms with Gasteiger partial charge >= 0.3 is 0 Å². The van der Waals surface area contributed by atoms with Crippen molar-refractivity contribution in [2.24, 2.45) is 0 Å². The number of halogens is 1. The molecule has 1 atom stereocenters. The second kappa shape index (κ2) is 8.14. The average Bonchev–Trinajstić information content (AvgIpc) is 2.62. The Labute approximate surface area is 160 Å². The number of hydrogen-bond acceptors (Lipinski definition) is 5. The highest BCUT2D eigenvalue weighted by atomic mass is 35.5. The first-order valence-electron chi connectivity index (χ1n) is 8.41. The number of fused-ring (bicyclic) bond motifs is 1. The molecule has 1 aliphatic carbocycles. The number of benzene rings is 1. The molecule has 2 aromatic rings. The largest absolute Gasteiger partial charge is 0.495 e. The Hall–Kier alpha value is -1.99. The summed E-state index contributed by atoms with van der Waals surface area (Å²) in [6.07, 6.45) is 3.64. The molecule has 26 heavy (non-hydrogen) atoms. The maximum absolute atomic E-state index is 12.5. The third-order valence-electron chi connectivity index (χ3n) is 4.25. The van der Waals surface area contributed by atoms with Gasteiger partial charge in [-0.3, -0.25) is 9.59 Å². The molecule has 6 nitrogen and oxygen atoms in total. The average molecular weight is 394 g/mol. The van der Waals surface area contributed by atoms with Gasteiger partial charge in [-0.15, -0.1) is 0 Å². The zero-order chi connectivity index (χ0) is 18.7. The number of hydrogen-bond donors (Lipinski definition) is 2. The van der Waals surface area contributed by atoms with E-state index in [0.29, 0.717) is 21.6 Å². The molecule has 1 aliphatic rings. The van der Waals surface area contributed by atoms with Gasteiger partial charge in [0.25, 0.3) is 5.56 Å². The van der Waals surface area contributed by atoms with E-state index >= 15 is 0 Å². The lowest BCUT2D eigenvalue weighted by Gasteiger charge is -2.16. The number of carbonyl (C=O) groups is 1. The maximum Gasteiger partial charge on any atom is 0.254 e. The van der Waals surface area contributed by atoms with Crippen molar-refractivity contribution in [2.75, 3.05) is 12.4 Å². The summed E-state index contributed by atoms with van der Waals surface area (Å²) in [6, 6.07) is 5.02. The topological polar surface area (TPSA) is 84.1 Å². The molecule has 8 heteroatoms. The van der Waals surface area contributed by atoms with Crippen LogP contribution >= 0.6 is 23.4 Å². The number of ether oxygens (including phenoxy) is 1. The predicted molar refractivity (Wildman–Crippen MR) is 103 cm³/mol. The predicted octanol–water partition coefficient (Wildman–Crippen LogP) is 3.43. The van der Waals surface area contributed by atoms with Gasteiger partial charge in [-0.25, -0.2) is 4.98 Å². The lowest BCUT2D eigenvalue weighted by molar-refractivity contribution is -0.115. The van der Waals surface area contributed by atoms with E-state index in [1.165, 1.54) is 18.9 Å². The van der Waals surface area contributed by atoms with Crippen LogP contribution in [-0.4, -0.2) is 28.2 Å². The second-order valence-corrected chi connectivity index (χ2v) is 7.86. The van der Waals surface area contributed by atoms with E-state index in [2.05, 4.69) is 15.3 Å². The van der Waals surface area contributed by atoms with Crippen LogP contribution in [0.25, 0.3) is 0 Å². The normalized spacial score (nSPS) is 14.4. The number of rotatable bonds is 5. The van der Waals surface area contributed by atoms with Gasteiger partial charge in [0, 0.05) is 10.6 Å². The van der Waals surface area contributed by atoms with Gasteiger partial charge in [-0.1, -0.05) is 23.4 Å². The Morgan fingerprint density at radius 2 is 2.15 bits per heavy atom. The molecule has 138 valence electrons. The number of H-pyrrole nitrogens is 1. The van der Waals surface area contributed by atoms with Crippen LogP contribution in [-0.2, 0) is 17.6 Å². The van der Waals surface area contributed by atoms with Crippen LogP contribution in [0.5, 0.6) is 5.75 Å². The first-order valence-corrected chi connectivity index (χ1v) is 9.67. The van der Waals surface area contributed by atoms with E-state index in [0.717, 1.165) is 36.9 Å². The van der Waals surface area contributed by atoms with E-state index in [4.69, 9.17) is 16.3 Å². The van der Waals surface area contributed by atoms with Crippen molar-refractivity contribution in [2.45, 2.75) is 43.0 Å². The van der Waals surface area contributed by atoms with Gasteiger partial charge in [-0.2, -0.15) is 0 Å². The number of anilines is 1. The molecule has 0 aliphatic heterocycles. The zero-order valence-electron chi connectivity index (χ0n) is 14.6. The lowest BCUT2D eigenvalue weighted by Crippen LogP contribution is -2.25. The van der Waals surface area contributed by atoms with Crippen LogP contribution < -0.4 is 15.6 Å². The fourth-order valence-corrected chi connectivity index (χ4v) is 3.86. The smallest absolute Gasteiger partial charge is 0.254 e. The number of thioether (sulfide) groups is 1. The zero-order valence-corrected chi connectivity index (χ0v) is 16.2. The summed E-state index contributed by atoms with van der Waals surface area (Å²) in [5, 5.41) is 3.33. The molecule has 1 aromatic heterocycles.